The van der Waals surface area contributed by atoms with Gasteiger partial charge in [-0.15, -0.1) is 6.55 Å². The lowest BCUT2D eigenvalue weighted by Gasteiger charge is -2.20. The third-order valence-electron chi connectivity index (χ3n) is 1.48. The van der Waals surface area contributed by atoms with Gasteiger partial charge in [-0.25, -0.2) is 0 Å². The molecule has 0 rings (SSSR count). The van der Waals surface area contributed by atoms with Crippen molar-refractivity contribution in [3.8, 4) is 0 Å². The zero-order chi connectivity index (χ0) is 11.0. The van der Waals surface area contributed by atoms with E-state index < -0.39 is 24.9 Å². The molecule has 0 radical (unpaired) electrons. The quantitative estimate of drug-likeness (QED) is 0.285. The van der Waals surface area contributed by atoms with Crippen LogP contribution in [0.15, 0.2) is 12.6 Å². The number of hydrogen-bond acceptors (Lipinski definition) is 5. The normalized spacial score (nSPS) is 19.8. The lowest BCUT2D eigenvalue weighted by molar-refractivity contribution is -0.0974. The van der Waals surface area contributed by atoms with Crippen molar-refractivity contribution in [2.75, 3.05) is 19.8 Å². The average molecular weight is 193 g/mol. The number of aliphatic hydroxyl groups excluding tert-OH is 4. The fraction of sp³-hybridized carbons (Fsp3) is 0.750. The van der Waals surface area contributed by atoms with Crippen molar-refractivity contribution >= 4 is 0 Å². The van der Waals surface area contributed by atoms with Crippen molar-refractivity contribution in [3.63, 3.8) is 0 Å². The molecule has 0 fully saturated rings. The van der Waals surface area contributed by atoms with Crippen molar-refractivity contribution in [3.05, 3.63) is 12.6 Å². The van der Waals surface area contributed by atoms with Crippen LogP contribution in [0.3, 0.4) is 0 Å². The number of aliphatic hydroxyl groups is 4. The molecule has 0 heterocycles. The van der Waals surface area contributed by atoms with E-state index in [-0.39, 0.29) is 13.2 Å². The monoisotopic (exact) mass is 193 g/mol. The van der Waals surface area contributed by atoms with Crippen LogP contribution in [0.25, 0.3) is 0 Å². The number of ether oxygens (including phenoxy) is 1. The Hall–Kier alpha value is -0.460. The minimum absolute atomic E-state index is 0.155. The van der Waals surface area contributed by atoms with Crippen LogP contribution in [0.5, 0.6) is 0 Å². The van der Waals surface area contributed by atoms with Gasteiger partial charge >= 0.3 is 0 Å². The van der Waals surface area contributed by atoms with E-state index >= 15 is 0 Å². The summed E-state index contributed by atoms with van der Waals surface area (Å²) in [5, 5.41) is 35.8. The molecule has 0 aliphatic rings. The minimum Gasteiger partial charge on any atom is -0.394 e. The molecule has 0 aromatic carbocycles. The lowest BCUT2D eigenvalue weighted by atomic mass is 10.1. The summed E-state index contributed by atoms with van der Waals surface area (Å²) in [6.07, 6.45) is -2.64. The molecule has 0 aromatic heterocycles. The number of rotatable bonds is 7. The Kier molecular flexibility index (Phi) is 5.71. The van der Waals surface area contributed by atoms with Crippen molar-refractivity contribution in [2.45, 2.75) is 18.3 Å². The third-order valence-corrected chi connectivity index (χ3v) is 1.48. The van der Waals surface area contributed by atoms with Crippen molar-refractivity contribution in [1.82, 2.24) is 0 Å². The molecule has 0 aromatic rings. The van der Waals surface area contributed by atoms with Crippen molar-refractivity contribution < 1.29 is 26.5 Å². The fourth-order valence-electron chi connectivity index (χ4n) is 0.720. The van der Waals surface area contributed by atoms with Crippen LogP contribution < -0.4 is 0 Å². The largest absolute Gasteiger partial charge is 0.394 e. The molecule has 4 N–H and O–H groups in total. The molecule has 0 aliphatic heterocycles. The van der Waals surface area contributed by atoms with Gasteiger partial charge in [0.1, 0.15) is 18.3 Å². The van der Waals surface area contributed by atoms with Gasteiger partial charge in [0.25, 0.3) is 0 Å². The molecule has 13 heavy (non-hydrogen) atoms. The van der Waals surface area contributed by atoms with Gasteiger partial charge in [-0.05, 0) is 0 Å². The van der Waals surface area contributed by atoms with Crippen LogP contribution in [0.1, 0.15) is 1.37 Å². The van der Waals surface area contributed by atoms with Crippen LogP contribution in [0.4, 0.5) is 0 Å². The van der Waals surface area contributed by atoms with Gasteiger partial charge in [-0.2, -0.15) is 0 Å². The molecule has 0 saturated carbocycles. The van der Waals surface area contributed by atoms with Gasteiger partial charge in [0.05, 0.1) is 21.2 Å². The molecule has 78 valence electrons. The summed E-state index contributed by atoms with van der Waals surface area (Å²) in [5.41, 5.74) is 0. The second-order valence-corrected chi connectivity index (χ2v) is 2.58. The highest BCUT2D eigenvalue weighted by molar-refractivity contribution is 4.74. The Morgan fingerprint density at radius 2 is 2.08 bits per heavy atom. The average Bonchev–Trinajstić information content (AvgIpc) is 2.21. The first-order chi connectivity index (χ1) is 6.63. The zero-order valence-corrected chi connectivity index (χ0v) is 7.21. The predicted molar refractivity (Wildman–Crippen MR) is 46.1 cm³/mol. The van der Waals surface area contributed by atoms with Gasteiger partial charge in [-0.1, -0.05) is 6.08 Å². The second-order valence-electron chi connectivity index (χ2n) is 2.58. The predicted octanol–water partition coefficient (Wildman–Crippen LogP) is -1.74. The Labute approximate surface area is 78.3 Å². The molecule has 0 bridgehead atoms. The molecule has 0 saturated heterocycles. The minimum atomic E-state index is -1.43. The van der Waals surface area contributed by atoms with Crippen LogP contribution in [0, 0.1) is 0 Å². The van der Waals surface area contributed by atoms with E-state index in [0.29, 0.717) is 0 Å². The summed E-state index contributed by atoms with van der Waals surface area (Å²) < 4.78 is 11.5. The van der Waals surface area contributed by atoms with Crippen LogP contribution in [-0.2, 0) is 4.74 Å². The third kappa shape index (κ3) is 4.97. The van der Waals surface area contributed by atoms with E-state index in [0.717, 1.165) is 6.55 Å². The Morgan fingerprint density at radius 3 is 2.62 bits per heavy atom. The Bertz CT molecular complexity index is 164. The summed E-state index contributed by atoms with van der Waals surface area (Å²) in [6.45, 7) is 0.418. The molecule has 5 nitrogen and oxygen atoms in total. The van der Waals surface area contributed by atoms with E-state index in [1.54, 1.807) is 0 Å². The fourth-order valence-corrected chi connectivity index (χ4v) is 0.720. The maximum atomic E-state index is 9.20. The van der Waals surface area contributed by atoms with E-state index in [9.17, 15) is 5.11 Å². The standard InChI is InChI=1S/C8H16O5/c1-2-3-13-5-7(11)8(12)6(10)4-9/h2,6-12H,1,3-5H2/t6-,7+,8-/m0/s1/i1D. The maximum Gasteiger partial charge on any atom is 0.110 e. The number of hydrogen-bond donors (Lipinski definition) is 4. The maximum absolute atomic E-state index is 9.20. The molecule has 3 atom stereocenters. The van der Waals surface area contributed by atoms with Gasteiger partial charge in [-0.3, -0.25) is 0 Å². The Balaban J connectivity index is 3.66. The topological polar surface area (TPSA) is 90.2 Å². The summed E-state index contributed by atoms with van der Waals surface area (Å²) in [7, 11) is 0. The van der Waals surface area contributed by atoms with E-state index in [4.69, 9.17) is 21.4 Å². The molecule has 0 aliphatic carbocycles. The SMILES string of the molecule is [2H]C=CCOC[C@@H](O)[C@@H](O)[C@@H](O)CO. The first kappa shape index (κ1) is 10.6. The highest BCUT2D eigenvalue weighted by Gasteiger charge is 2.23. The summed E-state index contributed by atoms with van der Waals surface area (Å²) in [4.78, 5) is 0. The van der Waals surface area contributed by atoms with Crippen LogP contribution >= 0.6 is 0 Å². The zero-order valence-electron chi connectivity index (χ0n) is 8.21. The van der Waals surface area contributed by atoms with Crippen molar-refractivity contribution in [1.29, 1.82) is 0 Å². The van der Waals surface area contributed by atoms with E-state index in [1.807, 2.05) is 0 Å². The molecular formula is C8H16O5. The second kappa shape index (κ2) is 6.99. The first-order valence-electron chi connectivity index (χ1n) is 4.47. The molecule has 0 amide bonds. The van der Waals surface area contributed by atoms with Crippen LogP contribution in [-0.4, -0.2) is 58.6 Å². The molecule has 5 heteroatoms. The van der Waals surface area contributed by atoms with Crippen LogP contribution in [0.2, 0.25) is 0 Å². The van der Waals surface area contributed by atoms with Crippen molar-refractivity contribution in [2.24, 2.45) is 0 Å². The highest BCUT2D eigenvalue weighted by Crippen LogP contribution is 2.00. The smallest absolute Gasteiger partial charge is 0.110 e. The summed E-state index contributed by atoms with van der Waals surface area (Å²) in [6, 6.07) is 0. The first-order valence-corrected chi connectivity index (χ1v) is 3.89. The highest BCUT2D eigenvalue weighted by atomic mass is 16.5. The van der Waals surface area contributed by atoms with Gasteiger partial charge in [0.2, 0.25) is 0 Å². The molecule has 0 unspecified atom stereocenters. The van der Waals surface area contributed by atoms with Gasteiger partial charge in [0.15, 0.2) is 0 Å². The van der Waals surface area contributed by atoms with E-state index in [2.05, 4.69) is 0 Å². The molecule has 0 spiro atoms. The van der Waals surface area contributed by atoms with Gasteiger partial charge < -0.3 is 25.2 Å². The van der Waals surface area contributed by atoms with Gasteiger partial charge in [0, 0.05) is 0 Å². The summed E-state index contributed by atoms with van der Waals surface area (Å²) in [5.74, 6) is 0. The lowest BCUT2D eigenvalue weighted by Crippen LogP contribution is -2.41. The Morgan fingerprint density at radius 1 is 1.38 bits per heavy atom. The summed E-state index contributed by atoms with van der Waals surface area (Å²) >= 11 is 0. The van der Waals surface area contributed by atoms with E-state index in [1.165, 1.54) is 6.08 Å². The molecular weight excluding hydrogens is 176 g/mol.